The van der Waals surface area contributed by atoms with Gasteiger partial charge in [-0.1, -0.05) is 6.42 Å². The van der Waals surface area contributed by atoms with E-state index in [-0.39, 0.29) is 54.0 Å². The van der Waals surface area contributed by atoms with Crippen LogP contribution in [0.3, 0.4) is 0 Å². The molecule has 2 rings (SSSR count). The van der Waals surface area contributed by atoms with Gasteiger partial charge in [-0.15, -0.1) is 24.8 Å². The molecule has 1 fully saturated rings. The first kappa shape index (κ1) is 21.4. The average Bonchev–Trinajstić information content (AvgIpc) is 2.95. The first-order chi connectivity index (χ1) is 10.1. The summed E-state index contributed by atoms with van der Waals surface area (Å²) < 4.78 is 4.96. The number of rotatable bonds is 5. The van der Waals surface area contributed by atoms with E-state index in [1.165, 1.54) is 19.4 Å². The Balaban J connectivity index is 0.00000242. The third kappa shape index (κ3) is 4.95. The number of carbonyl (C=O) groups is 2. The third-order valence-electron chi connectivity index (χ3n) is 3.88. The van der Waals surface area contributed by atoms with Crippen molar-refractivity contribution < 1.29 is 14.3 Å². The van der Waals surface area contributed by atoms with Gasteiger partial charge in [0.1, 0.15) is 5.56 Å². The number of amides is 2. The van der Waals surface area contributed by atoms with E-state index in [4.69, 9.17) is 16.2 Å². The quantitative estimate of drug-likeness (QED) is 0.727. The largest absolute Gasteiger partial charge is 0.480 e. The molecule has 0 radical (unpaired) electrons. The van der Waals surface area contributed by atoms with Gasteiger partial charge in [-0.05, 0) is 31.4 Å². The number of nitrogens with one attached hydrogen (secondary N) is 1. The topological polar surface area (TPSA) is 120 Å². The summed E-state index contributed by atoms with van der Waals surface area (Å²) in [5.74, 6) is -0.483. The van der Waals surface area contributed by atoms with Crippen LogP contribution in [0.2, 0.25) is 0 Å². The molecule has 130 valence electrons. The SMILES string of the molecule is COc1ncc(NC(=O)[C@@H]2CCC[C@@H]2CN)cc1C(N)=O.Cl.Cl. The summed E-state index contributed by atoms with van der Waals surface area (Å²) in [6.07, 6.45) is 4.25. The molecule has 1 aromatic heterocycles. The van der Waals surface area contributed by atoms with Crippen LogP contribution in [0.4, 0.5) is 5.69 Å². The second-order valence-corrected chi connectivity index (χ2v) is 5.17. The number of ether oxygens (including phenoxy) is 1. The van der Waals surface area contributed by atoms with Gasteiger partial charge < -0.3 is 21.5 Å². The maximum Gasteiger partial charge on any atom is 0.254 e. The number of nitrogens with zero attached hydrogens (tertiary/aromatic N) is 1. The van der Waals surface area contributed by atoms with Crippen LogP contribution in [0.5, 0.6) is 5.88 Å². The van der Waals surface area contributed by atoms with Crippen molar-refractivity contribution in [1.29, 1.82) is 0 Å². The predicted octanol–water partition coefficient (Wildman–Crippen LogP) is 1.35. The Labute approximate surface area is 147 Å². The van der Waals surface area contributed by atoms with E-state index in [1.807, 2.05) is 0 Å². The summed E-state index contributed by atoms with van der Waals surface area (Å²) >= 11 is 0. The Kier molecular flexibility index (Phi) is 8.89. The van der Waals surface area contributed by atoms with E-state index in [9.17, 15) is 9.59 Å². The number of hydrogen-bond acceptors (Lipinski definition) is 5. The molecule has 1 aliphatic carbocycles. The van der Waals surface area contributed by atoms with Gasteiger partial charge in [0.2, 0.25) is 11.8 Å². The first-order valence-corrected chi connectivity index (χ1v) is 6.91. The number of pyridine rings is 1. The van der Waals surface area contributed by atoms with Crippen molar-refractivity contribution in [3.8, 4) is 5.88 Å². The summed E-state index contributed by atoms with van der Waals surface area (Å²) in [4.78, 5) is 27.6. The molecule has 5 N–H and O–H groups in total. The van der Waals surface area contributed by atoms with Crippen LogP contribution in [0.25, 0.3) is 0 Å². The van der Waals surface area contributed by atoms with Crippen LogP contribution in [-0.4, -0.2) is 30.5 Å². The van der Waals surface area contributed by atoms with Crippen molar-refractivity contribution in [2.75, 3.05) is 19.0 Å². The van der Waals surface area contributed by atoms with Gasteiger partial charge in [0.15, 0.2) is 0 Å². The van der Waals surface area contributed by atoms with Crippen molar-refractivity contribution >= 4 is 42.3 Å². The Morgan fingerprint density at radius 2 is 2.09 bits per heavy atom. The van der Waals surface area contributed by atoms with Crippen LogP contribution in [-0.2, 0) is 4.79 Å². The van der Waals surface area contributed by atoms with Crippen LogP contribution in [0.1, 0.15) is 29.6 Å². The van der Waals surface area contributed by atoms with Crippen LogP contribution in [0.15, 0.2) is 12.3 Å². The lowest BCUT2D eigenvalue weighted by molar-refractivity contribution is -0.120. The summed E-state index contributed by atoms with van der Waals surface area (Å²) in [6.45, 7) is 0.505. The van der Waals surface area contributed by atoms with Gasteiger partial charge >= 0.3 is 0 Å². The molecule has 1 saturated carbocycles. The fraction of sp³-hybridized carbons (Fsp3) is 0.500. The average molecular weight is 365 g/mol. The first-order valence-electron chi connectivity index (χ1n) is 6.91. The highest BCUT2D eigenvalue weighted by Gasteiger charge is 2.32. The molecule has 2 amide bonds. The van der Waals surface area contributed by atoms with Crippen molar-refractivity contribution in [3.63, 3.8) is 0 Å². The highest BCUT2D eigenvalue weighted by Crippen LogP contribution is 2.32. The van der Waals surface area contributed by atoms with E-state index < -0.39 is 5.91 Å². The molecule has 1 heterocycles. The van der Waals surface area contributed by atoms with E-state index in [0.29, 0.717) is 12.2 Å². The van der Waals surface area contributed by atoms with Gasteiger partial charge in [0.25, 0.3) is 5.91 Å². The monoisotopic (exact) mass is 364 g/mol. The number of halogens is 2. The number of anilines is 1. The molecule has 7 nitrogen and oxygen atoms in total. The molecular formula is C14H22Cl2N4O3. The lowest BCUT2D eigenvalue weighted by Gasteiger charge is -2.17. The molecule has 0 spiro atoms. The normalized spacial score (nSPS) is 19.2. The van der Waals surface area contributed by atoms with Crippen LogP contribution >= 0.6 is 24.8 Å². The molecule has 1 aliphatic rings. The van der Waals surface area contributed by atoms with Gasteiger partial charge in [-0.25, -0.2) is 4.98 Å². The predicted molar refractivity (Wildman–Crippen MR) is 92.3 cm³/mol. The fourth-order valence-electron chi connectivity index (χ4n) is 2.76. The van der Waals surface area contributed by atoms with Gasteiger partial charge in [-0.3, -0.25) is 9.59 Å². The zero-order chi connectivity index (χ0) is 15.4. The highest BCUT2D eigenvalue weighted by molar-refractivity contribution is 5.98. The molecule has 0 unspecified atom stereocenters. The van der Waals surface area contributed by atoms with E-state index in [0.717, 1.165) is 19.3 Å². The summed E-state index contributed by atoms with van der Waals surface area (Å²) in [7, 11) is 1.40. The van der Waals surface area contributed by atoms with Gasteiger partial charge in [0.05, 0.1) is 19.0 Å². The molecule has 2 atom stereocenters. The fourth-order valence-corrected chi connectivity index (χ4v) is 2.76. The van der Waals surface area contributed by atoms with Crippen LogP contribution in [0, 0.1) is 11.8 Å². The Morgan fingerprint density at radius 1 is 1.39 bits per heavy atom. The number of carbonyl (C=O) groups excluding carboxylic acids is 2. The van der Waals surface area contributed by atoms with Gasteiger partial charge in [-0.2, -0.15) is 0 Å². The van der Waals surface area contributed by atoms with E-state index >= 15 is 0 Å². The van der Waals surface area contributed by atoms with Crippen molar-refractivity contribution in [3.05, 3.63) is 17.8 Å². The molecule has 0 bridgehead atoms. The number of methoxy groups -OCH3 is 1. The summed E-state index contributed by atoms with van der Waals surface area (Å²) in [5, 5.41) is 2.77. The number of primary amides is 1. The smallest absolute Gasteiger partial charge is 0.254 e. The number of aromatic nitrogens is 1. The zero-order valence-electron chi connectivity index (χ0n) is 12.8. The molecule has 23 heavy (non-hydrogen) atoms. The lowest BCUT2D eigenvalue weighted by Crippen LogP contribution is -2.30. The maximum absolute atomic E-state index is 12.3. The molecule has 1 aromatic rings. The van der Waals surface area contributed by atoms with Crippen molar-refractivity contribution in [1.82, 2.24) is 4.98 Å². The Morgan fingerprint density at radius 3 is 2.65 bits per heavy atom. The number of hydrogen-bond donors (Lipinski definition) is 3. The second kappa shape index (κ2) is 9.54. The van der Waals surface area contributed by atoms with E-state index in [1.54, 1.807) is 0 Å². The molecular weight excluding hydrogens is 343 g/mol. The van der Waals surface area contributed by atoms with Crippen LogP contribution < -0.4 is 21.5 Å². The summed E-state index contributed by atoms with van der Waals surface area (Å²) in [6, 6.07) is 1.47. The second-order valence-electron chi connectivity index (χ2n) is 5.17. The Bertz CT molecular complexity index is 557. The third-order valence-corrected chi connectivity index (χ3v) is 3.88. The van der Waals surface area contributed by atoms with Gasteiger partial charge in [0, 0.05) is 5.92 Å². The van der Waals surface area contributed by atoms with Crippen molar-refractivity contribution in [2.45, 2.75) is 19.3 Å². The molecule has 9 heteroatoms. The maximum atomic E-state index is 12.3. The molecule has 0 aliphatic heterocycles. The zero-order valence-corrected chi connectivity index (χ0v) is 14.4. The lowest BCUT2D eigenvalue weighted by atomic mass is 9.95. The highest BCUT2D eigenvalue weighted by atomic mass is 35.5. The standard InChI is InChI=1S/C14H20N4O3.2ClH/c1-21-14-11(12(16)19)5-9(7-17-14)18-13(20)10-4-2-3-8(10)6-15;;/h5,7-8,10H,2-4,6,15H2,1H3,(H2,16,19)(H,18,20);2*1H/t8-,10-;;/m1../s1. The minimum atomic E-state index is -0.656. The number of nitrogens with two attached hydrogens (primary N) is 2. The minimum absolute atomic E-state index is 0. The van der Waals surface area contributed by atoms with E-state index in [2.05, 4.69) is 10.3 Å². The molecule has 0 aromatic carbocycles. The summed E-state index contributed by atoms with van der Waals surface area (Å²) in [5.41, 5.74) is 11.5. The minimum Gasteiger partial charge on any atom is -0.480 e. The molecule has 0 saturated heterocycles. The van der Waals surface area contributed by atoms with Crippen molar-refractivity contribution in [2.24, 2.45) is 23.3 Å². The Hall–Kier alpha value is -1.57.